The van der Waals surface area contributed by atoms with Gasteiger partial charge in [-0.1, -0.05) is 11.8 Å². The maximum atomic E-state index is 12.4. The number of aliphatic hydroxyl groups is 1. The van der Waals surface area contributed by atoms with Crippen LogP contribution in [0.5, 0.6) is 0 Å². The van der Waals surface area contributed by atoms with Gasteiger partial charge in [0.15, 0.2) is 9.84 Å². The highest BCUT2D eigenvalue weighted by Gasteiger charge is 2.31. The number of pyridine rings is 1. The normalized spacial score (nSPS) is 18.7. The summed E-state index contributed by atoms with van der Waals surface area (Å²) in [6.45, 7) is -0.449. The summed E-state index contributed by atoms with van der Waals surface area (Å²) in [6, 6.07) is 1.36. The summed E-state index contributed by atoms with van der Waals surface area (Å²) < 4.78 is 48.7. The lowest BCUT2D eigenvalue weighted by atomic mass is 10.3. The Morgan fingerprint density at radius 3 is 2.57 bits per heavy atom. The van der Waals surface area contributed by atoms with E-state index in [1.165, 1.54) is 18.5 Å². The van der Waals surface area contributed by atoms with Gasteiger partial charge in [0.25, 0.3) is 0 Å². The van der Waals surface area contributed by atoms with E-state index in [0.29, 0.717) is 5.56 Å². The van der Waals surface area contributed by atoms with Gasteiger partial charge in [0.05, 0.1) is 11.5 Å². The highest BCUT2D eigenvalue weighted by molar-refractivity contribution is 7.92. The van der Waals surface area contributed by atoms with Crippen LogP contribution in [-0.4, -0.2) is 62.4 Å². The minimum absolute atomic E-state index is 0.0356. The number of aromatic nitrogens is 1. The molecule has 1 aromatic rings. The predicted octanol–water partition coefficient (Wildman–Crippen LogP) is -1.16. The van der Waals surface area contributed by atoms with Crippen LogP contribution in [0, 0.1) is 11.8 Å². The fourth-order valence-corrected chi connectivity index (χ4v) is 4.72. The lowest BCUT2D eigenvalue weighted by Gasteiger charge is -2.25. The number of hydrogen-bond acceptors (Lipinski definition) is 6. The summed E-state index contributed by atoms with van der Waals surface area (Å²) in [7, 11) is -6.93. The molecule has 21 heavy (non-hydrogen) atoms. The van der Waals surface area contributed by atoms with E-state index in [2.05, 4.69) is 16.8 Å². The third-order valence-electron chi connectivity index (χ3n) is 2.97. The fourth-order valence-electron chi connectivity index (χ4n) is 1.85. The second-order valence-corrected chi connectivity index (χ2v) is 8.67. The van der Waals surface area contributed by atoms with Crippen molar-refractivity contribution in [3.05, 3.63) is 24.0 Å². The molecular weight excluding hydrogens is 316 g/mol. The van der Waals surface area contributed by atoms with Crippen LogP contribution in [0.25, 0.3) is 0 Å². The first kappa shape index (κ1) is 15.9. The number of rotatable bonds is 2. The summed E-state index contributed by atoms with van der Waals surface area (Å²) in [5.41, 5.74) is 0.370. The van der Waals surface area contributed by atoms with E-state index in [4.69, 9.17) is 5.11 Å². The Morgan fingerprint density at radius 2 is 1.95 bits per heavy atom. The molecule has 0 saturated carbocycles. The molecule has 1 aliphatic heterocycles. The molecule has 0 radical (unpaired) electrons. The molecule has 9 heteroatoms. The number of sulfone groups is 1. The first-order chi connectivity index (χ1) is 9.85. The molecule has 1 saturated heterocycles. The van der Waals surface area contributed by atoms with Crippen LogP contribution in [0.2, 0.25) is 0 Å². The van der Waals surface area contributed by atoms with E-state index in [0.717, 1.165) is 4.31 Å². The zero-order valence-corrected chi connectivity index (χ0v) is 12.7. The molecule has 0 unspecified atom stereocenters. The summed E-state index contributed by atoms with van der Waals surface area (Å²) in [4.78, 5) is 3.78. The van der Waals surface area contributed by atoms with E-state index in [9.17, 15) is 16.8 Å². The van der Waals surface area contributed by atoms with Crippen LogP contribution in [0.1, 0.15) is 5.56 Å². The Labute approximate surface area is 123 Å². The maximum absolute atomic E-state index is 12.4. The topological polar surface area (TPSA) is 105 Å². The van der Waals surface area contributed by atoms with Gasteiger partial charge in [-0.25, -0.2) is 16.8 Å². The van der Waals surface area contributed by atoms with Gasteiger partial charge in [0, 0.05) is 31.0 Å². The van der Waals surface area contributed by atoms with Crippen molar-refractivity contribution in [2.24, 2.45) is 0 Å². The monoisotopic (exact) mass is 330 g/mol. The van der Waals surface area contributed by atoms with Gasteiger partial charge in [0.2, 0.25) is 10.0 Å². The lowest BCUT2D eigenvalue weighted by Crippen LogP contribution is -2.43. The number of aliphatic hydroxyl groups excluding tert-OH is 1. The zero-order valence-electron chi connectivity index (χ0n) is 11.1. The Bertz CT molecular complexity index is 776. The fraction of sp³-hybridized carbons (Fsp3) is 0.417. The van der Waals surface area contributed by atoms with Crippen molar-refractivity contribution in [1.82, 2.24) is 9.29 Å². The SMILES string of the molecule is O=S1(=O)CCN(S(=O)(=O)c2cncc(C#CCO)c2)CC1. The van der Waals surface area contributed by atoms with Gasteiger partial charge in [-0.15, -0.1) is 0 Å². The van der Waals surface area contributed by atoms with E-state index in [1.807, 2.05) is 0 Å². The number of hydrogen-bond donors (Lipinski definition) is 1. The van der Waals surface area contributed by atoms with Gasteiger partial charge < -0.3 is 5.11 Å². The predicted molar refractivity (Wildman–Crippen MR) is 75.6 cm³/mol. The third kappa shape index (κ3) is 3.79. The molecule has 1 aliphatic rings. The van der Waals surface area contributed by atoms with E-state index in [-0.39, 0.29) is 36.1 Å². The molecule has 1 aromatic heterocycles. The highest BCUT2D eigenvalue weighted by atomic mass is 32.2. The quantitative estimate of drug-likeness (QED) is 0.686. The second kappa shape index (κ2) is 6.11. The minimum Gasteiger partial charge on any atom is -0.384 e. The lowest BCUT2D eigenvalue weighted by molar-refractivity contribution is 0.350. The molecule has 1 fully saturated rings. The summed E-state index contributed by atoms with van der Waals surface area (Å²) in [5, 5.41) is 8.63. The summed E-state index contributed by atoms with van der Waals surface area (Å²) in [5.74, 6) is 4.64. The van der Waals surface area contributed by atoms with Crippen molar-refractivity contribution in [2.75, 3.05) is 31.2 Å². The minimum atomic E-state index is -3.78. The zero-order chi connectivity index (χ0) is 15.5. The molecular formula is C12H14N2O5S2. The van der Waals surface area contributed by atoms with Crippen molar-refractivity contribution in [3.8, 4) is 11.8 Å². The first-order valence-electron chi connectivity index (χ1n) is 6.10. The summed E-state index contributed by atoms with van der Waals surface area (Å²) in [6.07, 6.45) is 2.59. The van der Waals surface area contributed by atoms with E-state index < -0.39 is 19.9 Å². The molecule has 0 atom stereocenters. The first-order valence-corrected chi connectivity index (χ1v) is 9.37. The average Bonchev–Trinajstić information content (AvgIpc) is 2.45. The Hall–Kier alpha value is -1.47. The standard InChI is InChI=1S/C12H14N2O5S2/c15-5-1-2-11-8-12(10-13-9-11)21(18,19)14-3-6-20(16,17)7-4-14/h8-10,15H,3-7H2. The Balaban J connectivity index is 2.28. The summed E-state index contributed by atoms with van der Waals surface area (Å²) >= 11 is 0. The van der Waals surface area contributed by atoms with Crippen molar-refractivity contribution < 1.29 is 21.9 Å². The molecule has 0 aliphatic carbocycles. The number of nitrogens with zero attached hydrogens (tertiary/aromatic N) is 2. The van der Waals surface area contributed by atoms with E-state index >= 15 is 0 Å². The van der Waals surface area contributed by atoms with Gasteiger partial charge in [0.1, 0.15) is 11.5 Å². The molecule has 1 N–H and O–H groups in total. The maximum Gasteiger partial charge on any atom is 0.244 e. The Kier molecular flexibility index (Phi) is 4.63. The van der Waals surface area contributed by atoms with Gasteiger partial charge in [-0.2, -0.15) is 4.31 Å². The van der Waals surface area contributed by atoms with Gasteiger partial charge >= 0.3 is 0 Å². The molecule has 2 rings (SSSR count). The molecule has 0 bridgehead atoms. The second-order valence-electron chi connectivity index (χ2n) is 4.43. The van der Waals surface area contributed by atoms with Crippen LogP contribution >= 0.6 is 0 Å². The van der Waals surface area contributed by atoms with Crippen molar-refractivity contribution in [2.45, 2.75) is 4.90 Å². The molecule has 7 nitrogen and oxygen atoms in total. The van der Waals surface area contributed by atoms with Crippen LogP contribution in [0.15, 0.2) is 23.4 Å². The average molecular weight is 330 g/mol. The molecule has 2 heterocycles. The van der Waals surface area contributed by atoms with Crippen molar-refractivity contribution in [3.63, 3.8) is 0 Å². The molecule has 0 amide bonds. The van der Waals surface area contributed by atoms with Crippen LogP contribution < -0.4 is 0 Å². The molecule has 0 spiro atoms. The Morgan fingerprint density at radius 1 is 1.29 bits per heavy atom. The smallest absolute Gasteiger partial charge is 0.244 e. The van der Waals surface area contributed by atoms with Crippen LogP contribution in [0.4, 0.5) is 0 Å². The highest BCUT2D eigenvalue weighted by Crippen LogP contribution is 2.18. The van der Waals surface area contributed by atoms with E-state index in [1.54, 1.807) is 0 Å². The van der Waals surface area contributed by atoms with Crippen molar-refractivity contribution >= 4 is 19.9 Å². The third-order valence-corrected chi connectivity index (χ3v) is 6.44. The van der Waals surface area contributed by atoms with Gasteiger partial charge in [-0.3, -0.25) is 4.98 Å². The largest absolute Gasteiger partial charge is 0.384 e. The number of sulfonamides is 1. The molecule has 114 valence electrons. The van der Waals surface area contributed by atoms with Gasteiger partial charge in [-0.05, 0) is 6.07 Å². The van der Waals surface area contributed by atoms with Crippen LogP contribution in [0.3, 0.4) is 0 Å². The van der Waals surface area contributed by atoms with Crippen LogP contribution in [-0.2, 0) is 19.9 Å². The molecule has 0 aromatic carbocycles. The van der Waals surface area contributed by atoms with Crippen molar-refractivity contribution in [1.29, 1.82) is 0 Å².